The molecule has 36 heavy (non-hydrogen) atoms. The fourth-order valence-electron chi connectivity index (χ4n) is 4.02. The van der Waals surface area contributed by atoms with E-state index < -0.39 is 77.7 Å². The first-order valence-electron chi connectivity index (χ1n) is 11.7. The number of rotatable bonds is 12. The van der Waals surface area contributed by atoms with Gasteiger partial charge in [-0.05, 0) is 24.7 Å². The van der Waals surface area contributed by atoms with Gasteiger partial charge in [-0.1, -0.05) is 33.1 Å². The number of carbonyl (C=O) groups excluding carboxylic acids is 3. The molecule has 2 rings (SSSR count). The number of carboxylic acid groups (broad SMARTS) is 1. The van der Waals surface area contributed by atoms with E-state index in [1.807, 2.05) is 0 Å². The van der Waals surface area contributed by atoms with Crippen LogP contribution < -0.4 is 15.4 Å². The highest BCUT2D eigenvalue weighted by Crippen LogP contribution is 2.27. The lowest BCUT2D eigenvalue weighted by Gasteiger charge is -2.26. The van der Waals surface area contributed by atoms with Crippen LogP contribution in [0.4, 0.5) is 17.6 Å². The summed E-state index contributed by atoms with van der Waals surface area (Å²) in [5.74, 6) is -12.7. The van der Waals surface area contributed by atoms with Gasteiger partial charge in [0.05, 0.1) is 6.42 Å². The van der Waals surface area contributed by atoms with Crippen LogP contribution in [0.2, 0.25) is 0 Å². The second-order valence-corrected chi connectivity index (χ2v) is 9.21. The van der Waals surface area contributed by atoms with Crippen LogP contribution in [0.1, 0.15) is 58.8 Å². The molecule has 12 heteroatoms. The lowest BCUT2D eigenvalue weighted by molar-refractivity contribution is -0.141. The maximum absolute atomic E-state index is 13.8. The molecule has 8 nitrogen and oxygen atoms in total. The van der Waals surface area contributed by atoms with E-state index in [2.05, 4.69) is 15.4 Å². The summed E-state index contributed by atoms with van der Waals surface area (Å²) in [6.07, 6.45) is 4.34. The molecule has 0 radical (unpaired) electrons. The number of halogens is 4. The lowest BCUT2D eigenvalue weighted by Crippen LogP contribution is -2.54. The minimum Gasteiger partial charge on any atom is -0.481 e. The van der Waals surface area contributed by atoms with E-state index in [1.54, 1.807) is 13.8 Å². The molecule has 1 aliphatic carbocycles. The zero-order valence-corrected chi connectivity index (χ0v) is 20.0. The topological polar surface area (TPSA) is 122 Å². The molecule has 0 unspecified atom stereocenters. The van der Waals surface area contributed by atoms with Gasteiger partial charge < -0.3 is 20.5 Å². The van der Waals surface area contributed by atoms with Crippen molar-refractivity contribution in [3.63, 3.8) is 0 Å². The maximum atomic E-state index is 13.8. The Hall–Kier alpha value is -3.18. The molecule has 1 fully saturated rings. The third-order valence-corrected chi connectivity index (χ3v) is 5.98. The van der Waals surface area contributed by atoms with Crippen molar-refractivity contribution in [3.8, 4) is 5.75 Å². The van der Waals surface area contributed by atoms with Crippen molar-refractivity contribution in [2.75, 3.05) is 6.61 Å². The third kappa shape index (κ3) is 8.20. The lowest BCUT2D eigenvalue weighted by atomic mass is 9.86. The molecular formula is C24H30F4N2O6. The summed E-state index contributed by atoms with van der Waals surface area (Å²) in [7, 11) is 0. The summed E-state index contributed by atoms with van der Waals surface area (Å²) < 4.78 is 58.8. The van der Waals surface area contributed by atoms with Gasteiger partial charge in [0.25, 0.3) is 0 Å². The van der Waals surface area contributed by atoms with Gasteiger partial charge in [0, 0.05) is 12.5 Å². The third-order valence-electron chi connectivity index (χ3n) is 5.98. The Balaban J connectivity index is 2.07. The smallest absolute Gasteiger partial charge is 0.305 e. The molecular weight excluding hydrogens is 488 g/mol. The van der Waals surface area contributed by atoms with Crippen molar-refractivity contribution in [2.24, 2.45) is 11.8 Å². The standard InChI is InChI=1S/C24H30F4N2O6/c1-12(2)22(30-18(32)8-13-6-4-3-5-7-13)24(35)29-16(10-19(33)34)17(31)11-36-23-20(27)14(25)9-15(26)21(23)28/h9,12-13,16,22H,3-8,10-11H2,1-2H3,(H,29,35)(H,30,32)(H,33,34)/t16-,22-/m0/s1. The zero-order chi connectivity index (χ0) is 27.0. The molecule has 1 saturated carbocycles. The van der Waals surface area contributed by atoms with Crippen molar-refractivity contribution < 1.29 is 46.6 Å². The summed E-state index contributed by atoms with van der Waals surface area (Å²) in [5.41, 5.74) is 0. The summed E-state index contributed by atoms with van der Waals surface area (Å²) >= 11 is 0. The molecule has 0 heterocycles. The Morgan fingerprint density at radius 2 is 1.58 bits per heavy atom. The Morgan fingerprint density at radius 1 is 1.00 bits per heavy atom. The van der Waals surface area contributed by atoms with E-state index in [-0.39, 0.29) is 24.3 Å². The summed E-state index contributed by atoms with van der Waals surface area (Å²) in [6.45, 7) is 2.11. The van der Waals surface area contributed by atoms with E-state index in [0.29, 0.717) is 0 Å². The van der Waals surface area contributed by atoms with E-state index in [0.717, 1.165) is 32.1 Å². The molecule has 1 aromatic carbocycles. The van der Waals surface area contributed by atoms with Crippen LogP contribution in [0.25, 0.3) is 0 Å². The summed E-state index contributed by atoms with van der Waals surface area (Å²) in [4.78, 5) is 49.1. The number of aliphatic carboxylic acids is 1. The van der Waals surface area contributed by atoms with Crippen LogP contribution in [0.5, 0.6) is 5.75 Å². The summed E-state index contributed by atoms with van der Waals surface area (Å²) in [6, 6.07) is -2.82. The second kappa shape index (κ2) is 13.2. The summed E-state index contributed by atoms with van der Waals surface area (Å²) in [5, 5.41) is 14.0. The normalized spacial score (nSPS) is 15.8. The molecule has 1 aliphatic rings. The maximum Gasteiger partial charge on any atom is 0.305 e. The van der Waals surface area contributed by atoms with Gasteiger partial charge >= 0.3 is 5.97 Å². The fourth-order valence-corrected chi connectivity index (χ4v) is 4.02. The van der Waals surface area contributed by atoms with Gasteiger partial charge in [0.15, 0.2) is 23.2 Å². The first-order valence-corrected chi connectivity index (χ1v) is 11.7. The molecule has 2 amide bonds. The zero-order valence-electron chi connectivity index (χ0n) is 20.0. The minimum absolute atomic E-state index is 0.0403. The number of amides is 2. The van der Waals surface area contributed by atoms with Gasteiger partial charge in [-0.3, -0.25) is 19.2 Å². The van der Waals surface area contributed by atoms with E-state index in [9.17, 15) is 36.7 Å². The van der Waals surface area contributed by atoms with E-state index in [1.165, 1.54) is 0 Å². The highest BCUT2D eigenvalue weighted by atomic mass is 19.2. The number of ether oxygens (including phenoxy) is 1. The van der Waals surface area contributed by atoms with Crippen LogP contribution in [0.15, 0.2) is 6.07 Å². The number of hydrogen-bond donors (Lipinski definition) is 3. The van der Waals surface area contributed by atoms with E-state index in [4.69, 9.17) is 5.11 Å². The number of ketones is 1. The Labute approximate surface area is 205 Å². The molecule has 0 saturated heterocycles. The number of carboxylic acids is 1. The van der Waals surface area contributed by atoms with Crippen LogP contribution in [-0.4, -0.2) is 47.4 Å². The molecule has 3 N–H and O–H groups in total. The van der Waals surface area contributed by atoms with Crippen LogP contribution in [-0.2, 0) is 19.2 Å². The number of Topliss-reactive ketones (excluding diaryl/α,β-unsaturated/α-hetero) is 1. The van der Waals surface area contributed by atoms with Gasteiger partial charge in [-0.25, -0.2) is 8.78 Å². The molecule has 0 aromatic heterocycles. The molecule has 2 atom stereocenters. The average molecular weight is 519 g/mol. The number of nitrogens with one attached hydrogen (secondary N) is 2. The molecule has 0 bridgehead atoms. The largest absolute Gasteiger partial charge is 0.481 e. The Kier molecular flexibility index (Phi) is 10.7. The first-order chi connectivity index (χ1) is 16.9. The van der Waals surface area contributed by atoms with Crippen LogP contribution in [0, 0.1) is 35.1 Å². The monoisotopic (exact) mass is 518 g/mol. The SMILES string of the molecule is CC(C)[C@H](NC(=O)CC1CCCCC1)C(=O)N[C@@H](CC(=O)O)C(=O)COc1c(F)c(F)cc(F)c1F. The predicted molar refractivity (Wildman–Crippen MR) is 119 cm³/mol. The number of benzene rings is 1. The van der Waals surface area contributed by atoms with Crippen molar-refractivity contribution in [3.05, 3.63) is 29.3 Å². The minimum atomic E-state index is -1.87. The quantitative estimate of drug-likeness (QED) is 0.289. The molecule has 200 valence electrons. The van der Waals surface area contributed by atoms with Gasteiger partial charge in [-0.15, -0.1) is 0 Å². The number of carbonyl (C=O) groups is 4. The van der Waals surface area contributed by atoms with Crippen LogP contribution in [0.3, 0.4) is 0 Å². The van der Waals surface area contributed by atoms with E-state index >= 15 is 0 Å². The van der Waals surface area contributed by atoms with Gasteiger partial charge in [0.1, 0.15) is 18.7 Å². The van der Waals surface area contributed by atoms with Gasteiger partial charge in [0.2, 0.25) is 23.4 Å². The van der Waals surface area contributed by atoms with Crippen molar-refractivity contribution >= 4 is 23.6 Å². The Bertz CT molecular complexity index is 956. The predicted octanol–water partition coefficient (Wildman–Crippen LogP) is 3.26. The molecule has 0 spiro atoms. The van der Waals surface area contributed by atoms with Crippen molar-refractivity contribution in [1.82, 2.24) is 10.6 Å². The van der Waals surface area contributed by atoms with Crippen molar-refractivity contribution in [1.29, 1.82) is 0 Å². The molecule has 0 aliphatic heterocycles. The Morgan fingerprint density at radius 3 is 2.11 bits per heavy atom. The number of hydrogen-bond acceptors (Lipinski definition) is 5. The molecule has 1 aromatic rings. The van der Waals surface area contributed by atoms with Crippen LogP contribution >= 0.6 is 0 Å². The first kappa shape index (κ1) is 29.1. The second-order valence-electron chi connectivity index (χ2n) is 9.21. The average Bonchev–Trinajstić information content (AvgIpc) is 2.80. The highest BCUT2D eigenvalue weighted by Gasteiger charge is 2.31. The van der Waals surface area contributed by atoms with Crippen molar-refractivity contribution in [2.45, 2.75) is 70.9 Å². The highest BCUT2D eigenvalue weighted by molar-refractivity contribution is 5.95. The van der Waals surface area contributed by atoms with Gasteiger partial charge in [-0.2, -0.15) is 8.78 Å². The fraction of sp³-hybridized carbons (Fsp3) is 0.583.